The number of aliphatic hydroxyl groups is 1. The van der Waals surface area contributed by atoms with Crippen molar-refractivity contribution in [1.29, 1.82) is 0 Å². The van der Waals surface area contributed by atoms with Gasteiger partial charge in [0.2, 0.25) is 53.2 Å². The van der Waals surface area contributed by atoms with Gasteiger partial charge in [0.05, 0.1) is 12.1 Å². The Morgan fingerprint density at radius 1 is 0.494 bits per heavy atom. The molecule has 0 saturated heterocycles. The second-order valence-corrected chi connectivity index (χ2v) is 25.8. The number of carbonyl (C=O) groups is 11. The Kier molecular flexibility index (Phi) is 34.0. The maximum Gasteiger partial charge on any atom is 0.270 e. The molecule has 0 radical (unpaired) electrons. The van der Waals surface area contributed by atoms with Crippen LogP contribution in [0.3, 0.4) is 0 Å². The quantitative estimate of drug-likeness (QED) is 0.0372. The zero-order valence-corrected chi connectivity index (χ0v) is 56.3. The smallest absolute Gasteiger partial charge is 0.270 e. The number of aldehydes is 1. The van der Waals surface area contributed by atoms with Gasteiger partial charge in [-0.3, -0.25) is 47.9 Å². The van der Waals surface area contributed by atoms with Crippen molar-refractivity contribution >= 4 is 65.4 Å². The first-order chi connectivity index (χ1) is 39.2. The number of amides is 10. The highest BCUT2D eigenvalue weighted by atomic mass is 16.3. The van der Waals surface area contributed by atoms with Gasteiger partial charge in [-0.2, -0.15) is 0 Å². The maximum atomic E-state index is 15.1. The Hall–Kier alpha value is -6.19. The number of carbonyl (C=O) groups excluding carboxylic acids is 11. The predicted molar refractivity (Wildman–Crippen MR) is 331 cm³/mol. The third-order valence-electron chi connectivity index (χ3n) is 15.5. The second-order valence-electron chi connectivity index (χ2n) is 25.8. The lowest BCUT2D eigenvalue weighted by atomic mass is 9.91. The molecule has 0 aliphatic heterocycles. The Balaban J connectivity index is 7.09. The van der Waals surface area contributed by atoms with Crippen LogP contribution in [0.5, 0.6) is 0 Å². The summed E-state index contributed by atoms with van der Waals surface area (Å²) < 4.78 is 0. The number of likely N-dealkylation sites (N-methyl/N-ethyl adjacent to an activating group) is 7. The lowest BCUT2D eigenvalue weighted by molar-refractivity contribution is -0.157. The molecule has 22 nitrogen and oxygen atoms in total. The van der Waals surface area contributed by atoms with E-state index in [1.54, 1.807) is 53.8 Å². The van der Waals surface area contributed by atoms with E-state index in [4.69, 9.17) is 0 Å². The first-order valence-electron chi connectivity index (χ1n) is 30.4. The molecule has 0 saturated carbocycles. The normalized spacial score (nSPS) is 15.6. The van der Waals surface area contributed by atoms with Gasteiger partial charge in [0, 0.05) is 55.8 Å². The SMILES string of the molecule is C=C(C(=O)N(C)[C@H](C=O)CC(C)C)N(C)C(=O)[C@@H](CC)NC(=O)[C@@H]([C@H](O)[C@H](C)C/C=C/C)N(C)C(=O)[C@@H](C(C)C)N(C)C(=O)[C@@H](CC(C)C)N(C)C(=O)[C@@H](CC(C)C)N(C)C(=O)[C@H](C)NC(=O)[C@@H](C)NC(=O)[C@@H](CC(C)C)N(C)C(=O)CC(C)C. The molecule has 0 bridgehead atoms. The summed E-state index contributed by atoms with van der Waals surface area (Å²) in [5, 5.41) is 20.1. The molecule has 11 atom stereocenters. The van der Waals surface area contributed by atoms with Crippen LogP contribution in [0.25, 0.3) is 0 Å². The largest absolute Gasteiger partial charge is 0.390 e. The Bertz CT molecular complexity index is 2300. The minimum atomic E-state index is -1.61. The molecule has 0 aromatic heterocycles. The van der Waals surface area contributed by atoms with Crippen molar-refractivity contribution in [3.05, 3.63) is 24.4 Å². The average molecular weight is 1200 g/mol. The van der Waals surface area contributed by atoms with Crippen LogP contribution in [0.2, 0.25) is 0 Å². The molecule has 0 heterocycles. The van der Waals surface area contributed by atoms with Crippen LogP contribution in [0.4, 0.5) is 0 Å². The number of nitrogens with one attached hydrogen (secondary N) is 3. The van der Waals surface area contributed by atoms with Crippen LogP contribution in [0.15, 0.2) is 24.4 Å². The highest BCUT2D eigenvalue weighted by molar-refractivity contribution is 6.01. The molecule has 0 unspecified atom stereocenters. The van der Waals surface area contributed by atoms with E-state index in [2.05, 4.69) is 22.5 Å². The number of hydrogen-bond donors (Lipinski definition) is 4. The number of aliphatic hydroxyl groups excluding tert-OH is 1. The van der Waals surface area contributed by atoms with Crippen LogP contribution in [-0.4, -0.2) is 215 Å². The molecular formula is C63H112N10O12. The monoisotopic (exact) mass is 1200 g/mol. The zero-order valence-electron chi connectivity index (χ0n) is 56.3. The Labute approximate surface area is 510 Å². The number of hydrogen-bond acceptors (Lipinski definition) is 12. The third kappa shape index (κ3) is 23.5. The van der Waals surface area contributed by atoms with Gasteiger partial charge in [0.15, 0.2) is 0 Å². The molecular weight excluding hydrogens is 1090 g/mol. The molecule has 0 aliphatic rings. The van der Waals surface area contributed by atoms with E-state index in [9.17, 15) is 48.3 Å². The van der Waals surface area contributed by atoms with Gasteiger partial charge in [0.25, 0.3) is 5.91 Å². The summed E-state index contributed by atoms with van der Waals surface area (Å²) in [6.07, 6.45) is 4.36. The molecule has 0 aliphatic carbocycles. The van der Waals surface area contributed by atoms with Crippen molar-refractivity contribution in [3.63, 3.8) is 0 Å². The molecule has 0 aromatic rings. The molecule has 22 heteroatoms. The highest BCUT2D eigenvalue weighted by Gasteiger charge is 2.45. The summed E-state index contributed by atoms with van der Waals surface area (Å²) in [6, 6.07) is -10.3. The molecule has 0 rings (SSSR count). The van der Waals surface area contributed by atoms with Crippen LogP contribution in [-0.2, 0) is 52.7 Å². The van der Waals surface area contributed by atoms with Gasteiger partial charge in [0.1, 0.15) is 60.3 Å². The van der Waals surface area contributed by atoms with E-state index in [1.165, 1.54) is 80.6 Å². The second kappa shape index (κ2) is 36.7. The van der Waals surface area contributed by atoms with Gasteiger partial charge in [-0.1, -0.05) is 116 Å². The van der Waals surface area contributed by atoms with Gasteiger partial charge in [-0.25, -0.2) is 0 Å². The topological polar surface area (TPSA) is 267 Å². The van der Waals surface area contributed by atoms with E-state index in [1.807, 2.05) is 69.2 Å². The van der Waals surface area contributed by atoms with Gasteiger partial charge in [-0.05, 0) is 101 Å². The molecule has 10 amide bonds. The summed E-state index contributed by atoms with van der Waals surface area (Å²) in [4.78, 5) is 162. The van der Waals surface area contributed by atoms with Crippen molar-refractivity contribution in [2.24, 2.45) is 41.4 Å². The standard InChI is InChI=1S/C63H112N10O12/c1-26-28-29-42(15)54(76)53(57(79)66-47(27-2)60(82)67(19)45(18)59(81)68(20)46(35-74)30-36(3)4)73(25)63(85)52(41(13)14)72(24)62(84)50(33-39(9)10)71(23)61(83)49(32-38(7)8)70(22)58(80)44(17)65-55(77)43(16)64-56(78)48(31-37(5)6)69(21)51(75)34-40(11)12/h26,28,35-44,46-50,52-54,76H,18,27,29-34H2,1-17,19-25H3,(H,64,78)(H,65,77)(H,66,79)/b28-26+/t42-,43-,44+,46+,47-,48-,49-,50-,52-,53-,54-/m1/s1. The number of rotatable bonds is 36. The van der Waals surface area contributed by atoms with E-state index in [0.29, 0.717) is 25.5 Å². The summed E-state index contributed by atoms with van der Waals surface area (Å²) in [6.45, 7) is 34.3. The van der Waals surface area contributed by atoms with Crippen LogP contribution < -0.4 is 16.0 Å². The molecule has 0 fully saturated rings. The lowest BCUT2D eigenvalue weighted by Gasteiger charge is -2.41. The first-order valence-corrected chi connectivity index (χ1v) is 30.4. The van der Waals surface area contributed by atoms with E-state index in [-0.39, 0.29) is 66.9 Å². The average Bonchev–Trinajstić information content (AvgIpc) is 2.26. The van der Waals surface area contributed by atoms with Crippen molar-refractivity contribution in [2.75, 3.05) is 49.3 Å². The van der Waals surface area contributed by atoms with Gasteiger partial charge < -0.3 is 60.2 Å². The summed E-state index contributed by atoms with van der Waals surface area (Å²) in [7, 11) is 10.0. The van der Waals surface area contributed by atoms with Crippen molar-refractivity contribution in [3.8, 4) is 0 Å². The highest BCUT2D eigenvalue weighted by Crippen LogP contribution is 2.25. The zero-order chi connectivity index (χ0) is 66.4. The fraction of sp³-hybridized carbons (Fsp3) is 0.762. The molecule has 0 aromatic carbocycles. The van der Waals surface area contributed by atoms with Crippen LogP contribution >= 0.6 is 0 Å². The van der Waals surface area contributed by atoms with Gasteiger partial charge >= 0.3 is 0 Å². The minimum Gasteiger partial charge on any atom is -0.390 e. The minimum absolute atomic E-state index is 0.0279. The van der Waals surface area contributed by atoms with E-state index in [0.717, 1.165) is 9.80 Å². The number of nitrogens with zero attached hydrogens (tertiary/aromatic N) is 7. The van der Waals surface area contributed by atoms with Crippen molar-refractivity contribution in [1.82, 2.24) is 50.2 Å². The summed E-state index contributed by atoms with van der Waals surface area (Å²) in [5.41, 5.74) is -0.246. The van der Waals surface area contributed by atoms with Crippen LogP contribution in [0.1, 0.15) is 163 Å². The fourth-order valence-electron chi connectivity index (χ4n) is 10.1. The predicted octanol–water partition coefficient (Wildman–Crippen LogP) is 4.87. The van der Waals surface area contributed by atoms with E-state index >= 15 is 9.59 Å². The fourth-order valence-corrected chi connectivity index (χ4v) is 10.1. The summed E-state index contributed by atoms with van der Waals surface area (Å²) in [5.74, 6) is -7.50. The summed E-state index contributed by atoms with van der Waals surface area (Å²) >= 11 is 0. The Morgan fingerprint density at radius 2 is 0.941 bits per heavy atom. The molecule has 486 valence electrons. The molecule has 85 heavy (non-hydrogen) atoms. The van der Waals surface area contributed by atoms with Crippen LogP contribution in [0, 0.1) is 41.4 Å². The van der Waals surface area contributed by atoms with Gasteiger partial charge in [-0.15, -0.1) is 0 Å². The van der Waals surface area contributed by atoms with Crippen molar-refractivity contribution < 1.29 is 57.8 Å². The maximum absolute atomic E-state index is 15.1. The Morgan fingerprint density at radius 3 is 1.38 bits per heavy atom. The van der Waals surface area contributed by atoms with E-state index < -0.39 is 125 Å². The lowest BCUT2D eigenvalue weighted by Crippen LogP contribution is -2.63. The third-order valence-corrected chi connectivity index (χ3v) is 15.5. The number of allylic oxidation sites excluding steroid dienone is 2. The van der Waals surface area contributed by atoms with Crippen molar-refractivity contribution in [2.45, 2.75) is 223 Å². The molecule has 4 N–H and O–H groups in total. The first kappa shape index (κ1) is 78.8. The molecule has 0 spiro atoms.